The highest BCUT2D eigenvalue weighted by Gasteiger charge is 2.41. The van der Waals surface area contributed by atoms with Crippen LogP contribution in [-0.4, -0.2) is 51.3 Å². The van der Waals surface area contributed by atoms with E-state index in [0.29, 0.717) is 0 Å². The third kappa shape index (κ3) is 5.17. The Balaban J connectivity index is 1.66. The van der Waals surface area contributed by atoms with Gasteiger partial charge in [-0.3, -0.25) is 9.69 Å². The van der Waals surface area contributed by atoms with E-state index >= 15 is 0 Å². The first-order valence-corrected chi connectivity index (χ1v) is 10.9. The number of amides is 2. The van der Waals surface area contributed by atoms with Gasteiger partial charge in [-0.25, -0.2) is 9.78 Å². The van der Waals surface area contributed by atoms with E-state index in [-0.39, 0.29) is 24.9 Å². The number of aliphatic hydroxyl groups is 1. The molecule has 2 N–H and O–H groups in total. The third-order valence-corrected chi connectivity index (χ3v) is 5.96. The lowest BCUT2D eigenvalue weighted by Crippen LogP contribution is -2.48. The second-order valence-corrected chi connectivity index (χ2v) is 9.51. The zero-order valence-electron chi connectivity index (χ0n) is 18.0. The van der Waals surface area contributed by atoms with Crippen LogP contribution in [0, 0.1) is 6.92 Å². The number of aromatic nitrogens is 1. The minimum Gasteiger partial charge on any atom is -0.444 e. The number of carbonyl (C=O) groups is 2. The Morgan fingerprint density at radius 1 is 1.30 bits per heavy atom. The van der Waals surface area contributed by atoms with Crippen molar-refractivity contribution in [3.63, 3.8) is 0 Å². The van der Waals surface area contributed by atoms with Crippen LogP contribution in [-0.2, 0) is 9.53 Å². The Bertz CT molecular complexity index is 904. The Morgan fingerprint density at radius 2 is 1.97 bits per heavy atom. The van der Waals surface area contributed by atoms with Gasteiger partial charge in [0.2, 0.25) is 5.91 Å². The van der Waals surface area contributed by atoms with Crippen molar-refractivity contribution in [3.05, 3.63) is 41.0 Å². The number of carbonyl (C=O) groups excluding carboxylic acids is 2. The number of rotatable bonds is 4. The van der Waals surface area contributed by atoms with Gasteiger partial charge in [-0.15, -0.1) is 11.3 Å². The topological polar surface area (TPSA) is 91.8 Å². The van der Waals surface area contributed by atoms with Crippen LogP contribution in [0.15, 0.2) is 29.8 Å². The third-order valence-electron chi connectivity index (χ3n) is 4.99. The Labute approximate surface area is 181 Å². The number of nitrogens with zero attached hydrogens (tertiary/aromatic N) is 2. The lowest BCUT2D eigenvalue weighted by atomic mass is 10.0. The van der Waals surface area contributed by atoms with Gasteiger partial charge in [-0.05, 0) is 45.7 Å². The van der Waals surface area contributed by atoms with Crippen molar-refractivity contribution < 1.29 is 19.4 Å². The molecule has 3 rings (SSSR count). The highest BCUT2D eigenvalue weighted by Crippen LogP contribution is 2.28. The maximum atomic E-state index is 12.9. The molecule has 8 heteroatoms. The molecular weight excluding hydrogens is 402 g/mol. The molecule has 162 valence electrons. The molecule has 1 saturated heterocycles. The van der Waals surface area contributed by atoms with Gasteiger partial charge in [-0.1, -0.05) is 24.3 Å². The number of benzene rings is 1. The van der Waals surface area contributed by atoms with Crippen molar-refractivity contribution >= 4 is 23.3 Å². The van der Waals surface area contributed by atoms with Crippen molar-refractivity contribution in [2.45, 2.75) is 64.8 Å². The summed E-state index contributed by atoms with van der Waals surface area (Å²) >= 11 is 1.60. The number of aryl methyl sites for hydroxylation is 1. The van der Waals surface area contributed by atoms with E-state index in [2.05, 4.69) is 10.3 Å². The van der Waals surface area contributed by atoms with Gasteiger partial charge in [0, 0.05) is 6.42 Å². The van der Waals surface area contributed by atoms with Gasteiger partial charge in [0.1, 0.15) is 11.6 Å². The van der Waals surface area contributed by atoms with Crippen molar-refractivity contribution in [2.24, 2.45) is 0 Å². The van der Waals surface area contributed by atoms with E-state index in [9.17, 15) is 14.7 Å². The van der Waals surface area contributed by atoms with Crippen molar-refractivity contribution in [2.75, 3.05) is 6.54 Å². The summed E-state index contributed by atoms with van der Waals surface area (Å²) in [6.07, 6.45) is -1.14. The first kappa shape index (κ1) is 22.2. The molecule has 1 aliphatic heterocycles. The molecule has 1 aromatic carbocycles. The molecule has 7 nitrogen and oxygen atoms in total. The van der Waals surface area contributed by atoms with Crippen LogP contribution in [0.1, 0.15) is 51.4 Å². The molecule has 0 aliphatic carbocycles. The summed E-state index contributed by atoms with van der Waals surface area (Å²) in [6, 6.07) is 7.00. The lowest BCUT2D eigenvalue weighted by Gasteiger charge is -2.28. The molecule has 1 aliphatic rings. The molecule has 3 atom stereocenters. The van der Waals surface area contributed by atoms with E-state index < -0.39 is 23.8 Å². The quantitative estimate of drug-likeness (QED) is 0.771. The van der Waals surface area contributed by atoms with E-state index in [1.807, 2.05) is 43.6 Å². The van der Waals surface area contributed by atoms with Gasteiger partial charge in [-0.2, -0.15) is 0 Å². The molecule has 30 heavy (non-hydrogen) atoms. The predicted octanol–water partition coefficient (Wildman–Crippen LogP) is 3.67. The van der Waals surface area contributed by atoms with Crippen LogP contribution in [0.4, 0.5) is 4.79 Å². The predicted molar refractivity (Wildman–Crippen MR) is 116 cm³/mol. The van der Waals surface area contributed by atoms with E-state index in [1.165, 1.54) is 4.90 Å². The molecule has 2 aromatic rings. The molecule has 0 bridgehead atoms. The molecular formula is C22H29N3O4S. The smallest absolute Gasteiger partial charge is 0.411 e. The zero-order valence-corrected chi connectivity index (χ0v) is 18.8. The van der Waals surface area contributed by atoms with E-state index in [0.717, 1.165) is 21.7 Å². The van der Waals surface area contributed by atoms with Crippen molar-refractivity contribution in [3.8, 4) is 10.4 Å². The minimum atomic E-state index is -0.753. The second-order valence-electron chi connectivity index (χ2n) is 8.66. The molecule has 0 radical (unpaired) electrons. The number of hydrogen-bond acceptors (Lipinski definition) is 6. The monoisotopic (exact) mass is 431 g/mol. The fraction of sp³-hybridized carbons (Fsp3) is 0.500. The molecule has 0 spiro atoms. The molecule has 2 amide bonds. The summed E-state index contributed by atoms with van der Waals surface area (Å²) in [5.41, 5.74) is 4.20. The minimum absolute atomic E-state index is 0.0876. The average molecular weight is 432 g/mol. The van der Waals surface area contributed by atoms with Crippen LogP contribution in [0.5, 0.6) is 0 Å². The lowest BCUT2D eigenvalue weighted by molar-refractivity contribution is -0.126. The molecule has 0 saturated carbocycles. The van der Waals surface area contributed by atoms with Crippen LogP contribution < -0.4 is 5.32 Å². The number of hydrogen-bond donors (Lipinski definition) is 2. The number of likely N-dealkylation sites (tertiary alicyclic amines) is 1. The Hall–Kier alpha value is -2.45. The van der Waals surface area contributed by atoms with Gasteiger partial charge in [0.05, 0.1) is 34.8 Å². The van der Waals surface area contributed by atoms with Crippen LogP contribution >= 0.6 is 11.3 Å². The van der Waals surface area contributed by atoms with Crippen LogP contribution in [0.2, 0.25) is 0 Å². The van der Waals surface area contributed by atoms with E-state index in [1.54, 1.807) is 32.1 Å². The summed E-state index contributed by atoms with van der Waals surface area (Å²) in [7, 11) is 0. The molecule has 1 fully saturated rings. The van der Waals surface area contributed by atoms with Crippen molar-refractivity contribution in [1.82, 2.24) is 15.2 Å². The summed E-state index contributed by atoms with van der Waals surface area (Å²) < 4.78 is 5.39. The normalized spacial score (nSPS) is 20.1. The SMILES string of the molecule is Cc1ncsc1-c1ccc(C(C)NC(=O)[C@H]2CC(O)CN2C(=O)OC(C)(C)C)cc1. The first-order chi connectivity index (χ1) is 14.0. The Kier molecular flexibility index (Phi) is 6.47. The van der Waals surface area contributed by atoms with Crippen molar-refractivity contribution in [1.29, 1.82) is 0 Å². The van der Waals surface area contributed by atoms with Gasteiger partial charge in [0.15, 0.2) is 0 Å². The maximum Gasteiger partial charge on any atom is 0.411 e. The number of aliphatic hydroxyl groups excluding tert-OH is 1. The summed E-state index contributed by atoms with van der Waals surface area (Å²) in [6.45, 7) is 9.28. The summed E-state index contributed by atoms with van der Waals surface area (Å²) in [5.74, 6) is -0.299. The summed E-state index contributed by atoms with van der Waals surface area (Å²) in [5, 5.41) is 13.0. The zero-order chi connectivity index (χ0) is 22.1. The number of ether oxygens (including phenoxy) is 1. The molecule has 1 aromatic heterocycles. The highest BCUT2D eigenvalue weighted by atomic mass is 32.1. The summed E-state index contributed by atoms with van der Waals surface area (Å²) in [4.78, 5) is 32.1. The largest absolute Gasteiger partial charge is 0.444 e. The van der Waals surface area contributed by atoms with Gasteiger partial charge in [0.25, 0.3) is 0 Å². The second kappa shape index (κ2) is 8.73. The number of nitrogens with one attached hydrogen (secondary N) is 1. The van der Waals surface area contributed by atoms with Gasteiger partial charge >= 0.3 is 6.09 Å². The number of thiazole rings is 1. The van der Waals surface area contributed by atoms with E-state index in [4.69, 9.17) is 4.74 Å². The fourth-order valence-corrected chi connectivity index (χ4v) is 4.29. The number of β-amino-alcohol motifs (C(OH)–C–C–N with tert-alkyl or cyclic N) is 1. The average Bonchev–Trinajstić information content (AvgIpc) is 3.26. The fourth-order valence-electron chi connectivity index (χ4n) is 3.48. The first-order valence-electron chi connectivity index (χ1n) is 10.0. The molecule has 2 heterocycles. The maximum absolute atomic E-state index is 12.9. The van der Waals surface area contributed by atoms with Gasteiger partial charge < -0.3 is 15.2 Å². The van der Waals surface area contributed by atoms with Crippen LogP contribution in [0.25, 0.3) is 10.4 Å². The standard InChI is InChI=1S/C22H29N3O4S/c1-13(15-6-8-16(9-7-15)19-14(2)23-12-30-19)24-20(27)18-10-17(26)11-25(18)21(28)29-22(3,4)5/h6-9,12-13,17-18,26H,10-11H2,1-5H3,(H,24,27)/t13?,17?,18-/m1/s1. The Morgan fingerprint density at radius 3 is 2.53 bits per heavy atom. The van der Waals surface area contributed by atoms with Crippen LogP contribution in [0.3, 0.4) is 0 Å². The molecule has 2 unspecified atom stereocenters. The highest BCUT2D eigenvalue weighted by molar-refractivity contribution is 7.13.